The highest BCUT2D eigenvalue weighted by Gasteiger charge is 2.16. The number of carboxylic acid groups (broad SMARTS) is 1. The Morgan fingerprint density at radius 2 is 1.95 bits per heavy atom. The second-order valence-corrected chi connectivity index (χ2v) is 5.17. The van der Waals surface area contributed by atoms with Crippen LogP contribution in [0.1, 0.15) is 29.9 Å². The highest BCUT2D eigenvalue weighted by atomic mass is 16.4. The van der Waals surface area contributed by atoms with Crippen LogP contribution in [-0.2, 0) is 13.5 Å². The van der Waals surface area contributed by atoms with E-state index in [0.29, 0.717) is 11.5 Å². The van der Waals surface area contributed by atoms with Crippen molar-refractivity contribution >= 4 is 5.97 Å². The van der Waals surface area contributed by atoms with Gasteiger partial charge < -0.3 is 5.11 Å². The number of hydrogen-bond acceptors (Lipinski definition) is 2. The van der Waals surface area contributed by atoms with Gasteiger partial charge >= 0.3 is 5.97 Å². The zero-order valence-electron chi connectivity index (χ0n) is 11.4. The van der Waals surface area contributed by atoms with E-state index >= 15 is 0 Å². The monoisotopic (exact) mass is 258 g/mol. The Balaban J connectivity index is 2.34. The molecule has 4 nitrogen and oxygen atoms in total. The Kier molecular flexibility index (Phi) is 3.69. The van der Waals surface area contributed by atoms with Gasteiger partial charge in [0.1, 0.15) is 0 Å². The lowest BCUT2D eigenvalue weighted by Gasteiger charge is -2.06. The SMILES string of the molecule is CC(C)Cc1ccc(-c2cn(C)nc2C(=O)O)cc1. The van der Waals surface area contributed by atoms with Crippen molar-refractivity contribution in [3.8, 4) is 11.1 Å². The topological polar surface area (TPSA) is 55.1 Å². The first kappa shape index (κ1) is 13.3. The minimum absolute atomic E-state index is 0.0964. The molecule has 0 saturated carbocycles. The minimum atomic E-state index is -0.998. The largest absolute Gasteiger partial charge is 0.476 e. The van der Waals surface area contributed by atoms with Crippen LogP contribution in [0.4, 0.5) is 0 Å². The van der Waals surface area contributed by atoms with E-state index in [0.717, 1.165) is 12.0 Å². The van der Waals surface area contributed by atoms with Gasteiger partial charge in [-0.3, -0.25) is 4.68 Å². The number of hydrogen-bond donors (Lipinski definition) is 1. The maximum Gasteiger partial charge on any atom is 0.357 e. The molecule has 0 aliphatic carbocycles. The highest BCUT2D eigenvalue weighted by molar-refractivity contribution is 5.93. The fourth-order valence-electron chi connectivity index (χ4n) is 2.15. The molecule has 1 N–H and O–H groups in total. The van der Waals surface area contributed by atoms with Crippen molar-refractivity contribution in [1.29, 1.82) is 0 Å². The molecule has 0 aliphatic rings. The molecule has 2 aromatic rings. The summed E-state index contributed by atoms with van der Waals surface area (Å²) in [6.07, 6.45) is 2.76. The Morgan fingerprint density at radius 3 is 2.47 bits per heavy atom. The second kappa shape index (κ2) is 5.26. The van der Waals surface area contributed by atoms with Gasteiger partial charge in [0.15, 0.2) is 5.69 Å². The van der Waals surface area contributed by atoms with Gasteiger partial charge in [0.25, 0.3) is 0 Å². The van der Waals surface area contributed by atoms with Gasteiger partial charge in [-0.15, -0.1) is 0 Å². The van der Waals surface area contributed by atoms with Gasteiger partial charge in [-0.05, 0) is 23.5 Å². The molecular weight excluding hydrogens is 240 g/mol. The predicted octanol–water partition coefficient (Wildman–Crippen LogP) is 2.98. The zero-order valence-corrected chi connectivity index (χ0v) is 11.4. The molecule has 0 spiro atoms. The summed E-state index contributed by atoms with van der Waals surface area (Å²) in [7, 11) is 1.73. The van der Waals surface area contributed by atoms with Gasteiger partial charge in [0.2, 0.25) is 0 Å². The number of rotatable bonds is 4. The molecule has 0 atom stereocenters. The first-order chi connectivity index (χ1) is 8.97. The third kappa shape index (κ3) is 3.02. The van der Waals surface area contributed by atoms with Crippen molar-refractivity contribution in [2.45, 2.75) is 20.3 Å². The third-order valence-corrected chi connectivity index (χ3v) is 2.94. The molecule has 0 unspecified atom stereocenters. The molecule has 0 saturated heterocycles. The van der Waals surface area contributed by atoms with Crippen LogP contribution in [0.3, 0.4) is 0 Å². The lowest BCUT2D eigenvalue weighted by molar-refractivity contribution is 0.0690. The number of nitrogens with zero attached hydrogens (tertiary/aromatic N) is 2. The van der Waals surface area contributed by atoms with Crippen molar-refractivity contribution in [2.24, 2.45) is 13.0 Å². The molecule has 0 radical (unpaired) electrons. The van der Waals surface area contributed by atoms with Gasteiger partial charge in [-0.2, -0.15) is 5.10 Å². The predicted molar refractivity (Wildman–Crippen MR) is 74.1 cm³/mol. The number of carboxylic acids is 1. The van der Waals surface area contributed by atoms with Crippen molar-refractivity contribution in [3.63, 3.8) is 0 Å². The van der Waals surface area contributed by atoms with Crippen molar-refractivity contribution in [3.05, 3.63) is 41.7 Å². The van der Waals surface area contributed by atoms with E-state index in [2.05, 4.69) is 18.9 Å². The molecule has 0 fully saturated rings. The van der Waals surface area contributed by atoms with Crippen molar-refractivity contribution in [1.82, 2.24) is 9.78 Å². The Hall–Kier alpha value is -2.10. The van der Waals surface area contributed by atoms with Gasteiger partial charge in [-0.25, -0.2) is 4.79 Å². The lowest BCUT2D eigenvalue weighted by Crippen LogP contribution is -2.00. The molecule has 0 amide bonds. The van der Waals surface area contributed by atoms with E-state index in [1.165, 1.54) is 10.2 Å². The highest BCUT2D eigenvalue weighted by Crippen LogP contribution is 2.23. The maximum absolute atomic E-state index is 11.1. The molecular formula is C15H18N2O2. The molecule has 1 aromatic heterocycles. The Morgan fingerprint density at radius 1 is 1.32 bits per heavy atom. The average molecular weight is 258 g/mol. The molecule has 0 bridgehead atoms. The zero-order chi connectivity index (χ0) is 14.0. The smallest absolute Gasteiger partial charge is 0.357 e. The molecule has 4 heteroatoms. The van der Waals surface area contributed by atoms with E-state index < -0.39 is 5.97 Å². The standard InChI is InChI=1S/C15H18N2O2/c1-10(2)8-11-4-6-12(7-5-11)13-9-17(3)16-14(13)15(18)19/h4-7,9-10H,8H2,1-3H3,(H,18,19). The first-order valence-electron chi connectivity index (χ1n) is 6.33. The summed E-state index contributed by atoms with van der Waals surface area (Å²) in [5.74, 6) is -0.388. The molecule has 2 rings (SSSR count). The second-order valence-electron chi connectivity index (χ2n) is 5.17. The summed E-state index contributed by atoms with van der Waals surface area (Å²) < 4.78 is 1.53. The Labute approximate surface area is 112 Å². The summed E-state index contributed by atoms with van der Waals surface area (Å²) in [5, 5.41) is 13.1. The summed E-state index contributed by atoms with van der Waals surface area (Å²) in [4.78, 5) is 11.1. The quantitative estimate of drug-likeness (QED) is 0.917. The summed E-state index contributed by atoms with van der Waals surface area (Å²) in [5.41, 5.74) is 2.91. The lowest BCUT2D eigenvalue weighted by atomic mass is 9.99. The fourth-order valence-corrected chi connectivity index (χ4v) is 2.15. The summed E-state index contributed by atoms with van der Waals surface area (Å²) >= 11 is 0. The Bertz CT molecular complexity index is 583. The van der Waals surface area contributed by atoms with Crippen LogP contribution in [0.25, 0.3) is 11.1 Å². The number of aromatic nitrogens is 2. The van der Waals surface area contributed by atoms with Crippen molar-refractivity contribution in [2.75, 3.05) is 0 Å². The van der Waals surface area contributed by atoms with Crippen LogP contribution in [0.15, 0.2) is 30.5 Å². The van der Waals surface area contributed by atoms with Gasteiger partial charge in [0.05, 0.1) is 0 Å². The van der Waals surface area contributed by atoms with Crippen LogP contribution >= 0.6 is 0 Å². The third-order valence-electron chi connectivity index (χ3n) is 2.94. The van der Waals surface area contributed by atoms with Crippen LogP contribution in [0, 0.1) is 5.92 Å². The van der Waals surface area contributed by atoms with Crippen molar-refractivity contribution < 1.29 is 9.90 Å². The minimum Gasteiger partial charge on any atom is -0.476 e. The number of carbonyl (C=O) groups is 1. The number of benzene rings is 1. The van der Waals surface area contributed by atoms with E-state index in [-0.39, 0.29) is 5.69 Å². The molecule has 0 aliphatic heterocycles. The summed E-state index contributed by atoms with van der Waals surface area (Å²) in [6.45, 7) is 4.36. The van der Waals surface area contributed by atoms with Gasteiger partial charge in [-0.1, -0.05) is 38.1 Å². The van der Waals surface area contributed by atoms with Crippen LogP contribution in [-0.4, -0.2) is 20.9 Å². The molecule has 1 heterocycles. The van der Waals surface area contributed by atoms with E-state index in [1.807, 2.05) is 24.3 Å². The number of aromatic carboxylic acids is 1. The van der Waals surface area contributed by atoms with E-state index in [9.17, 15) is 4.79 Å². The maximum atomic E-state index is 11.1. The molecule has 19 heavy (non-hydrogen) atoms. The number of aryl methyl sites for hydroxylation is 1. The van der Waals surface area contributed by atoms with E-state index in [4.69, 9.17) is 5.11 Å². The van der Waals surface area contributed by atoms with Crippen LogP contribution < -0.4 is 0 Å². The first-order valence-corrected chi connectivity index (χ1v) is 6.33. The summed E-state index contributed by atoms with van der Waals surface area (Å²) in [6, 6.07) is 8.02. The van der Waals surface area contributed by atoms with Crippen LogP contribution in [0.5, 0.6) is 0 Å². The normalized spacial score (nSPS) is 10.9. The van der Waals surface area contributed by atoms with Crippen LogP contribution in [0.2, 0.25) is 0 Å². The molecule has 100 valence electrons. The average Bonchev–Trinajstić information content (AvgIpc) is 2.72. The fraction of sp³-hybridized carbons (Fsp3) is 0.333. The van der Waals surface area contributed by atoms with E-state index in [1.54, 1.807) is 13.2 Å². The van der Waals surface area contributed by atoms with Gasteiger partial charge in [0, 0.05) is 18.8 Å². The molecule has 1 aromatic carbocycles.